The number of hydrogen-bond donors (Lipinski definition) is 2. The number of carbonyl (C=O) groups is 3. The minimum Gasteiger partial charge on any atom is -0.394 e. The van der Waals surface area contributed by atoms with Crippen molar-refractivity contribution in [1.29, 1.82) is 0 Å². The van der Waals surface area contributed by atoms with Gasteiger partial charge in [0.25, 0.3) is 0 Å². The quantitative estimate of drug-likeness (QED) is 0.701. The van der Waals surface area contributed by atoms with Crippen molar-refractivity contribution in [3.63, 3.8) is 0 Å². The lowest BCUT2D eigenvalue weighted by Gasteiger charge is -2.37. The minimum absolute atomic E-state index is 0.0584. The normalized spacial score (nSPS) is 28.7. The molecule has 33 heavy (non-hydrogen) atoms. The summed E-state index contributed by atoms with van der Waals surface area (Å²) in [6.07, 6.45) is 5.27. The third kappa shape index (κ3) is 4.11. The van der Waals surface area contributed by atoms with Crippen molar-refractivity contribution in [2.45, 2.75) is 63.1 Å². The molecule has 7 nitrogen and oxygen atoms in total. The number of carbonyl (C=O) groups excluding carboxylic acids is 3. The second kappa shape index (κ2) is 8.34. The molecule has 1 saturated carbocycles. The molecular weight excluding hydrogens is 432 g/mol. The van der Waals surface area contributed by atoms with E-state index in [-0.39, 0.29) is 34.8 Å². The number of piperidine rings is 1. The molecule has 0 aromatic heterocycles. The fraction of sp³-hybridized carbons (Fsp3) is 0.625. The lowest BCUT2D eigenvalue weighted by atomic mass is 9.92. The molecule has 1 spiro atoms. The van der Waals surface area contributed by atoms with E-state index in [4.69, 9.17) is 0 Å². The maximum atomic E-state index is 14.2. The maximum Gasteiger partial charge on any atom is 0.243 e. The van der Waals surface area contributed by atoms with E-state index in [1.165, 1.54) is 0 Å². The van der Waals surface area contributed by atoms with Gasteiger partial charge in [-0.15, -0.1) is 0 Å². The molecule has 1 aromatic carbocycles. The van der Waals surface area contributed by atoms with Gasteiger partial charge < -0.3 is 20.2 Å². The molecule has 178 valence electrons. The van der Waals surface area contributed by atoms with Gasteiger partial charge in [0.15, 0.2) is 0 Å². The van der Waals surface area contributed by atoms with E-state index in [0.717, 1.165) is 43.9 Å². The van der Waals surface area contributed by atoms with Crippen LogP contribution in [0.1, 0.15) is 56.6 Å². The van der Waals surface area contributed by atoms with Gasteiger partial charge in [-0.3, -0.25) is 14.4 Å². The van der Waals surface area contributed by atoms with Gasteiger partial charge >= 0.3 is 0 Å². The number of fused-ring (bicyclic) bond motifs is 1. The van der Waals surface area contributed by atoms with E-state index in [2.05, 4.69) is 5.32 Å². The number of benzene rings is 1. The number of halogens is 2. The molecule has 0 radical (unpaired) electrons. The topological polar surface area (TPSA) is 90.0 Å². The summed E-state index contributed by atoms with van der Waals surface area (Å²) in [6.45, 7) is 0.295. The van der Waals surface area contributed by atoms with Gasteiger partial charge in [0.2, 0.25) is 17.7 Å². The van der Waals surface area contributed by atoms with E-state index in [1.807, 2.05) is 4.90 Å². The SMILES string of the molecule is O=C(N[C@H](CO)c1cc(F)ccc1F)[C@H]1CC2(CC2)CN1C(=O)C1CCC2CCC(=O)N2C1. The first-order chi connectivity index (χ1) is 15.8. The largest absolute Gasteiger partial charge is 0.394 e. The highest BCUT2D eigenvalue weighted by Crippen LogP contribution is 2.55. The zero-order valence-electron chi connectivity index (χ0n) is 18.4. The Morgan fingerprint density at radius 3 is 2.73 bits per heavy atom. The van der Waals surface area contributed by atoms with Crippen LogP contribution in [0.5, 0.6) is 0 Å². The molecule has 3 heterocycles. The Morgan fingerprint density at radius 1 is 1.21 bits per heavy atom. The molecule has 3 aliphatic heterocycles. The summed E-state index contributed by atoms with van der Waals surface area (Å²) < 4.78 is 27.9. The van der Waals surface area contributed by atoms with Gasteiger partial charge in [0.05, 0.1) is 18.6 Å². The predicted molar refractivity (Wildman–Crippen MR) is 114 cm³/mol. The van der Waals surface area contributed by atoms with Crippen LogP contribution in [0.3, 0.4) is 0 Å². The molecular formula is C24H29F2N3O4. The molecule has 3 saturated heterocycles. The number of likely N-dealkylation sites (tertiary alicyclic amines) is 1. The third-order valence-electron chi connectivity index (χ3n) is 7.95. The highest BCUT2D eigenvalue weighted by molar-refractivity contribution is 5.90. The van der Waals surface area contributed by atoms with E-state index >= 15 is 0 Å². The van der Waals surface area contributed by atoms with Crippen LogP contribution in [0.4, 0.5) is 8.78 Å². The first-order valence-corrected chi connectivity index (χ1v) is 11.8. The van der Waals surface area contributed by atoms with E-state index in [9.17, 15) is 28.3 Å². The molecule has 2 N–H and O–H groups in total. The fourth-order valence-electron chi connectivity index (χ4n) is 5.84. The number of hydrogen-bond acceptors (Lipinski definition) is 4. The van der Waals surface area contributed by atoms with Gasteiger partial charge in [-0.05, 0) is 62.1 Å². The van der Waals surface area contributed by atoms with Gasteiger partial charge in [-0.25, -0.2) is 8.78 Å². The van der Waals surface area contributed by atoms with Gasteiger partial charge in [0.1, 0.15) is 17.7 Å². The summed E-state index contributed by atoms with van der Waals surface area (Å²) in [5.41, 5.74) is -0.189. The highest BCUT2D eigenvalue weighted by atomic mass is 19.1. The smallest absolute Gasteiger partial charge is 0.243 e. The zero-order chi connectivity index (χ0) is 23.3. The first-order valence-electron chi connectivity index (χ1n) is 11.8. The monoisotopic (exact) mass is 461 g/mol. The lowest BCUT2D eigenvalue weighted by Crippen LogP contribution is -2.52. The van der Waals surface area contributed by atoms with Crippen LogP contribution in [0, 0.1) is 23.0 Å². The molecule has 1 aliphatic carbocycles. The molecule has 2 unspecified atom stereocenters. The van der Waals surface area contributed by atoms with Crippen LogP contribution in [-0.2, 0) is 14.4 Å². The molecule has 9 heteroatoms. The van der Waals surface area contributed by atoms with E-state index in [0.29, 0.717) is 32.4 Å². The molecule has 1 aromatic rings. The van der Waals surface area contributed by atoms with Crippen LogP contribution >= 0.6 is 0 Å². The Kier molecular flexibility index (Phi) is 5.63. The van der Waals surface area contributed by atoms with Gasteiger partial charge in [0, 0.05) is 31.1 Å². The van der Waals surface area contributed by atoms with Crippen molar-refractivity contribution in [3.05, 3.63) is 35.4 Å². The van der Waals surface area contributed by atoms with Crippen LogP contribution in [0.15, 0.2) is 18.2 Å². The van der Waals surface area contributed by atoms with Crippen LogP contribution in [0.2, 0.25) is 0 Å². The van der Waals surface area contributed by atoms with Crippen molar-refractivity contribution in [2.24, 2.45) is 11.3 Å². The van der Waals surface area contributed by atoms with Crippen molar-refractivity contribution in [2.75, 3.05) is 19.7 Å². The Labute approximate surface area is 191 Å². The van der Waals surface area contributed by atoms with Crippen molar-refractivity contribution >= 4 is 17.7 Å². The van der Waals surface area contributed by atoms with Crippen LogP contribution < -0.4 is 5.32 Å². The van der Waals surface area contributed by atoms with Crippen LogP contribution in [-0.4, -0.2) is 64.4 Å². The summed E-state index contributed by atoms with van der Waals surface area (Å²) in [5.74, 6) is -2.21. The Morgan fingerprint density at radius 2 is 2.00 bits per heavy atom. The van der Waals surface area contributed by atoms with Gasteiger partial charge in [-0.1, -0.05) is 0 Å². The van der Waals surface area contributed by atoms with E-state index < -0.39 is 36.2 Å². The average Bonchev–Trinajstić information content (AvgIpc) is 3.30. The summed E-state index contributed by atoms with van der Waals surface area (Å²) in [6, 6.07) is 1.28. The van der Waals surface area contributed by atoms with Crippen molar-refractivity contribution in [3.8, 4) is 0 Å². The molecule has 4 atom stereocenters. The lowest BCUT2D eigenvalue weighted by molar-refractivity contribution is -0.145. The van der Waals surface area contributed by atoms with Gasteiger partial charge in [-0.2, -0.15) is 0 Å². The highest BCUT2D eigenvalue weighted by Gasteiger charge is 2.56. The van der Waals surface area contributed by atoms with Crippen molar-refractivity contribution in [1.82, 2.24) is 15.1 Å². The Bertz CT molecular complexity index is 982. The zero-order valence-corrected chi connectivity index (χ0v) is 18.4. The van der Waals surface area contributed by atoms with E-state index in [1.54, 1.807) is 4.90 Å². The second-order valence-electron chi connectivity index (χ2n) is 10.1. The predicted octanol–water partition coefficient (Wildman–Crippen LogP) is 1.90. The number of aliphatic hydroxyl groups is 1. The van der Waals surface area contributed by atoms with Crippen molar-refractivity contribution < 1.29 is 28.3 Å². The summed E-state index contributed by atoms with van der Waals surface area (Å²) >= 11 is 0. The summed E-state index contributed by atoms with van der Waals surface area (Å²) in [5, 5.41) is 12.4. The fourth-order valence-corrected chi connectivity index (χ4v) is 5.84. The molecule has 5 rings (SSSR count). The molecule has 0 bridgehead atoms. The number of amides is 3. The molecule has 3 amide bonds. The summed E-state index contributed by atoms with van der Waals surface area (Å²) in [4.78, 5) is 42.4. The second-order valence-corrected chi connectivity index (χ2v) is 10.1. The average molecular weight is 462 g/mol. The minimum atomic E-state index is -1.11. The number of rotatable bonds is 5. The number of nitrogens with zero attached hydrogens (tertiary/aromatic N) is 2. The Hall–Kier alpha value is -2.55. The third-order valence-corrected chi connectivity index (χ3v) is 7.95. The standard InChI is InChI=1S/C24H29F2N3O4/c25-15-2-5-18(26)17(9-15)19(12-30)27-22(32)20-10-24(7-8-24)13-29(20)23(33)14-1-3-16-4-6-21(31)28(16)11-14/h2,5,9,14,16,19-20,30H,1,3-4,6-8,10-13H2,(H,27,32)/t14?,16?,19-,20-/m1/s1. The Balaban J connectivity index is 1.32. The summed E-state index contributed by atoms with van der Waals surface area (Å²) in [7, 11) is 0. The first kappa shape index (κ1) is 22.3. The number of nitrogens with one attached hydrogen (secondary N) is 1. The van der Waals surface area contributed by atoms with Crippen LogP contribution in [0.25, 0.3) is 0 Å². The molecule has 4 aliphatic rings. The number of aliphatic hydroxyl groups excluding tert-OH is 1. The maximum absolute atomic E-state index is 14.2. The molecule has 4 fully saturated rings.